The van der Waals surface area contributed by atoms with Crippen molar-refractivity contribution in [2.75, 3.05) is 6.54 Å². The van der Waals surface area contributed by atoms with Crippen molar-refractivity contribution < 1.29 is 19.1 Å². The topological polar surface area (TPSA) is 68.7 Å². The molecule has 0 saturated carbocycles. The lowest BCUT2D eigenvalue weighted by Gasteiger charge is -2.27. The molecule has 2 amide bonds. The summed E-state index contributed by atoms with van der Waals surface area (Å²) in [6.45, 7) is 10.2. The number of hydrogen-bond donors (Lipinski definition) is 0. The van der Waals surface area contributed by atoms with Gasteiger partial charge in [0.15, 0.2) is 0 Å². The predicted octanol–water partition coefficient (Wildman–Crippen LogP) is 3.61. The molecule has 0 aliphatic rings. The van der Waals surface area contributed by atoms with Gasteiger partial charge in [-0.3, -0.25) is 4.98 Å². The van der Waals surface area contributed by atoms with Crippen LogP contribution < -0.4 is 0 Å². The second-order valence-electron chi connectivity index (χ2n) is 7.08. The van der Waals surface area contributed by atoms with Gasteiger partial charge in [0.2, 0.25) is 0 Å². The van der Waals surface area contributed by atoms with Crippen LogP contribution in [-0.2, 0) is 9.47 Å². The van der Waals surface area contributed by atoms with E-state index in [2.05, 4.69) is 16.8 Å². The maximum atomic E-state index is 12.3. The molecule has 0 aromatic carbocycles. The van der Waals surface area contributed by atoms with Crippen molar-refractivity contribution in [3.05, 3.63) is 30.1 Å². The van der Waals surface area contributed by atoms with E-state index in [9.17, 15) is 9.59 Å². The molecule has 1 rings (SSSR count). The van der Waals surface area contributed by atoms with E-state index in [-0.39, 0.29) is 6.54 Å². The molecule has 0 spiro atoms. The van der Waals surface area contributed by atoms with Gasteiger partial charge in [0.25, 0.3) is 0 Å². The molecule has 6 heteroatoms. The zero-order valence-electron chi connectivity index (χ0n) is 15.0. The van der Waals surface area contributed by atoms with Crippen LogP contribution in [0.25, 0.3) is 0 Å². The molecule has 1 aromatic rings. The molecule has 0 bridgehead atoms. The van der Waals surface area contributed by atoms with E-state index in [1.165, 1.54) is 0 Å². The molecule has 0 unspecified atom stereocenters. The Labute approximate surface area is 143 Å². The van der Waals surface area contributed by atoms with Crippen molar-refractivity contribution in [1.82, 2.24) is 9.88 Å². The van der Waals surface area contributed by atoms with Gasteiger partial charge >= 0.3 is 12.2 Å². The quantitative estimate of drug-likeness (QED) is 0.735. The first kappa shape index (κ1) is 19.5. The van der Waals surface area contributed by atoms with Crippen LogP contribution in [0.3, 0.4) is 0 Å². The average molecular weight is 332 g/mol. The van der Waals surface area contributed by atoms with Crippen molar-refractivity contribution in [3.8, 4) is 11.8 Å². The zero-order valence-corrected chi connectivity index (χ0v) is 15.0. The summed E-state index contributed by atoms with van der Waals surface area (Å²) in [5.74, 6) is 5.64. The van der Waals surface area contributed by atoms with Crippen LogP contribution in [0.2, 0.25) is 0 Å². The summed E-state index contributed by atoms with van der Waals surface area (Å²) in [5.41, 5.74) is -0.718. The van der Waals surface area contributed by atoms with E-state index >= 15 is 0 Å². The Morgan fingerprint density at radius 1 is 1.00 bits per heavy atom. The highest BCUT2D eigenvalue weighted by molar-refractivity contribution is 5.88. The number of carbonyl (C=O) groups is 2. The average Bonchev–Trinajstić information content (AvgIpc) is 2.40. The van der Waals surface area contributed by atoms with Crippen LogP contribution in [-0.4, -0.2) is 39.8 Å². The molecule has 0 fully saturated rings. The summed E-state index contributed by atoms with van der Waals surface area (Å²) >= 11 is 0. The van der Waals surface area contributed by atoms with Crippen molar-refractivity contribution in [2.24, 2.45) is 0 Å². The molecule has 130 valence electrons. The SMILES string of the molecule is CC(C)(C)OC(=O)N(CC#Cc1ccncc1)C(=O)OC(C)(C)C. The maximum Gasteiger partial charge on any atom is 0.420 e. The number of hydrogen-bond acceptors (Lipinski definition) is 5. The largest absolute Gasteiger partial charge is 0.443 e. The molecule has 0 radical (unpaired) electrons. The highest BCUT2D eigenvalue weighted by Gasteiger charge is 2.30. The fourth-order valence-electron chi connectivity index (χ4n) is 1.49. The molecular formula is C18H24N2O4. The minimum absolute atomic E-state index is 0.133. The van der Waals surface area contributed by atoms with Gasteiger partial charge in [-0.15, -0.1) is 0 Å². The van der Waals surface area contributed by atoms with Gasteiger partial charge in [-0.2, -0.15) is 0 Å². The number of rotatable bonds is 1. The zero-order chi connectivity index (χ0) is 18.4. The molecule has 1 aromatic heterocycles. The minimum Gasteiger partial charge on any atom is -0.443 e. The summed E-state index contributed by atoms with van der Waals surface area (Å²) < 4.78 is 10.5. The first-order chi connectivity index (χ1) is 11.0. The molecule has 0 atom stereocenters. The van der Waals surface area contributed by atoms with Gasteiger partial charge < -0.3 is 9.47 Å². The van der Waals surface area contributed by atoms with Gasteiger partial charge in [-0.05, 0) is 53.7 Å². The van der Waals surface area contributed by atoms with Crippen molar-refractivity contribution in [3.63, 3.8) is 0 Å². The lowest BCUT2D eigenvalue weighted by atomic mass is 10.2. The fourth-order valence-corrected chi connectivity index (χ4v) is 1.49. The van der Waals surface area contributed by atoms with E-state index in [4.69, 9.17) is 9.47 Å². The predicted molar refractivity (Wildman–Crippen MR) is 90.3 cm³/mol. The number of aromatic nitrogens is 1. The standard InChI is InChI=1S/C18H24N2O4/c1-17(2,3)23-15(21)20(16(22)24-18(4,5)6)13-7-8-14-9-11-19-12-10-14/h9-12H,13H2,1-6H3. The highest BCUT2D eigenvalue weighted by Crippen LogP contribution is 2.14. The Kier molecular flexibility index (Phi) is 6.35. The summed E-state index contributed by atoms with van der Waals surface area (Å²) in [6.07, 6.45) is 1.65. The third kappa shape index (κ3) is 7.63. The number of imide groups is 1. The van der Waals surface area contributed by atoms with Crippen molar-refractivity contribution >= 4 is 12.2 Å². The fraction of sp³-hybridized carbons (Fsp3) is 0.500. The van der Waals surface area contributed by atoms with Crippen LogP contribution in [0, 0.1) is 11.8 Å². The number of pyridine rings is 1. The summed E-state index contributed by atoms with van der Waals surface area (Å²) in [4.78, 5) is 29.3. The molecule has 6 nitrogen and oxygen atoms in total. The molecule has 0 aliphatic carbocycles. The van der Waals surface area contributed by atoms with Crippen LogP contribution in [0.1, 0.15) is 47.1 Å². The molecular weight excluding hydrogens is 308 g/mol. The van der Waals surface area contributed by atoms with Crippen LogP contribution in [0.5, 0.6) is 0 Å². The van der Waals surface area contributed by atoms with E-state index in [0.717, 1.165) is 10.5 Å². The van der Waals surface area contributed by atoms with Gasteiger partial charge in [0.05, 0.1) is 6.54 Å². The molecule has 24 heavy (non-hydrogen) atoms. The third-order valence-corrected chi connectivity index (χ3v) is 2.38. The Morgan fingerprint density at radius 2 is 1.46 bits per heavy atom. The molecule has 1 heterocycles. The Hall–Kier alpha value is -2.55. The second kappa shape index (κ2) is 7.82. The second-order valence-corrected chi connectivity index (χ2v) is 7.08. The Bertz CT molecular complexity index is 603. The summed E-state index contributed by atoms with van der Waals surface area (Å²) in [6, 6.07) is 3.47. The van der Waals surface area contributed by atoms with Crippen LogP contribution >= 0.6 is 0 Å². The lowest BCUT2D eigenvalue weighted by molar-refractivity contribution is 0.00412. The third-order valence-electron chi connectivity index (χ3n) is 2.38. The van der Waals surface area contributed by atoms with Crippen molar-refractivity contribution in [1.29, 1.82) is 0 Å². The molecule has 0 saturated heterocycles. The van der Waals surface area contributed by atoms with Gasteiger partial charge in [0.1, 0.15) is 11.2 Å². The normalized spacial score (nSPS) is 11.1. The van der Waals surface area contributed by atoms with Gasteiger partial charge in [-0.1, -0.05) is 11.8 Å². The highest BCUT2D eigenvalue weighted by atomic mass is 16.6. The summed E-state index contributed by atoms with van der Waals surface area (Å²) in [5, 5.41) is 0. The number of carbonyl (C=O) groups excluding carboxylic acids is 2. The first-order valence-corrected chi connectivity index (χ1v) is 7.60. The number of amides is 2. The molecule has 0 N–H and O–H groups in total. The smallest absolute Gasteiger partial charge is 0.420 e. The van der Waals surface area contributed by atoms with E-state index in [1.54, 1.807) is 66.1 Å². The molecule has 0 aliphatic heterocycles. The Balaban J connectivity index is 2.90. The van der Waals surface area contributed by atoms with Crippen molar-refractivity contribution in [2.45, 2.75) is 52.7 Å². The monoisotopic (exact) mass is 332 g/mol. The van der Waals surface area contributed by atoms with E-state index in [0.29, 0.717) is 0 Å². The Morgan fingerprint density at radius 3 is 1.88 bits per heavy atom. The van der Waals surface area contributed by atoms with Crippen LogP contribution in [0.4, 0.5) is 9.59 Å². The lowest BCUT2D eigenvalue weighted by Crippen LogP contribution is -2.43. The van der Waals surface area contributed by atoms with Gasteiger partial charge in [0, 0.05) is 18.0 Å². The maximum absolute atomic E-state index is 12.3. The van der Waals surface area contributed by atoms with E-state index in [1.807, 2.05) is 0 Å². The number of nitrogens with zero attached hydrogens (tertiary/aromatic N) is 2. The van der Waals surface area contributed by atoms with E-state index < -0.39 is 23.4 Å². The van der Waals surface area contributed by atoms with Gasteiger partial charge in [-0.25, -0.2) is 14.5 Å². The van der Waals surface area contributed by atoms with Crippen LogP contribution in [0.15, 0.2) is 24.5 Å². The summed E-state index contributed by atoms with van der Waals surface area (Å²) in [7, 11) is 0. The first-order valence-electron chi connectivity index (χ1n) is 7.60. The number of ether oxygens (including phenoxy) is 2. The minimum atomic E-state index is -0.791.